The Hall–Kier alpha value is -3.39. The maximum absolute atomic E-state index is 13.3. The van der Waals surface area contributed by atoms with Crippen molar-refractivity contribution in [3.05, 3.63) is 69.4 Å². The van der Waals surface area contributed by atoms with Gasteiger partial charge < -0.3 is 20.3 Å². The van der Waals surface area contributed by atoms with Gasteiger partial charge in [0.25, 0.3) is 5.56 Å². The van der Waals surface area contributed by atoms with Crippen LogP contribution in [0, 0.1) is 6.92 Å². The number of pyridine rings is 1. The Kier molecular flexibility index (Phi) is 6.65. The number of hydrogen-bond donors (Lipinski definition) is 2. The molecule has 4 rings (SSSR count). The summed E-state index contributed by atoms with van der Waals surface area (Å²) in [5.74, 6) is 0.0255. The van der Waals surface area contributed by atoms with Crippen LogP contribution in [0.2, 0.25) is 5.02 Å². The number of halogens is 1. The number of nitrogen functional groups attached to an aromatic ring is 1. The number of aryl methyl sites for hydroxylation is 1. The van der Waals surface area contributed by atoms with Gasteiger partial charge in [-0.2, -0.15) is 0 Å². The van der Waals surface area contributed by atoms with Gasteiger partial charge >= 0.3 is 0 Å². The smallest absolute Gasteiger partial charge is 0.254 e. The van der Waals surface area contributed by atoms with Crippen molar-refractivity contribution in [3.63, 3.8) is 0 Å². The number of aromatic nitrogens is 3. The van der Waals surface area contributed by atoms with Crippen LogP contribution in [0.15, 0.2) is 47.4 Å². The number of amides is 1. The summed E-state index contributed by atoms with van der Waals surface area (Å²) in [5.41, 5.74) is 8.65. The van der Waals surface area contributed by atoms with Crippen LogP contribution in [0.25, 0.3) is 11.1 Å². The summed E-state index contributed by atoms with van der Waals surface area (Å²) in [6.07, 6.45) is 4.49. The van der Waals surface area contributed by atoms with Crippen LogP contribution in [-0.2, 0) is 11.3 Å². The number of nitrogens with two attached hydrogens (primary N) is 1. The quantitative estimate of drug-likeness (QED) is 0.591. The highest BCUT2D eigenvalue weighted by molar-refractivity contribution is 6.30. The fourth-order valence-corrected chi connectivity index (χ4v) is 4.50. The summed E-state index contributed by atoms with van der Waals surface area (Å²) < 4.78 is 1.50. The van der Waals surface area contributed by atoms with Crippen LogP contribution in [-0.4, -0.2) is 37.0 Å². The maximum Gasteiger partial charge on any atom is 0.254 e. The average Bonchev–Trinajstić information content (AvgIpc) is 2.79. The summed E-state index contributed by atoms with van der Waals surface area (Å²) >= 11 is 6.05. The summed E-state index contributed by atoms with van der Waals surface area (Å²) in [7, 11) is 0. The van der Waals surface area contributed by atoms with Gasteiger partial charge in [0.1, 0.15) is 5.75 Å². The molecule has 8 nitrogen and oxygen atoms in total. The molecule has 1 aromatic carbocycles. The molecule has 0 unspecified atom stereocenters. The highest BCUT2D eigenvalue weighted by Gasteiger charge is 2.31. The van der Waals surface area contributed by atoms with E-state index in [1.807, 2.05) is 17.0 Å². The van der Waals surface area contributed by atoms with E-state index < -0.39 is 0 Å². The molecule has 0 saturated carbocycles. The molecule has 1 fully saturated rings. The lowest BCUT2D eigenvalue weighted by molar-refractivity contribution is -0.135. The molecule has 1 atom stereocenters. The Bertz CT molecular complexity index is 1230. The minimum atomic E-state index is -0.330. The molecule has 3 aromatic rings. The summed E-state index contributed by atoms with van der Waals surface area (Å²) in [6.45, 7) is 2.58. The van der Waals surface area contributed by atoms with Gasteiger partial charge in [0, 0.05) is 48.1 Å². The third-order valence-corrected chi connectivity index (χ3v) is 6.25. The van der Waals surface area contributed by atoms with Crippen molar-refractivity contribution in [1.29, 1.82) is 0 Å². The van der Waals surface area contributed by atoms with Crippen molar-refractivity contribution in [1.82, 2.24) is 19.4 Å². The van der Waals surface area contributed by atoms with Crippen molar-refractivity contribution in [2.24, 2.45) is 0 Å². The van der Waals surface area contributed by atoms with E-state index in [4.69, 9.17) is 17.3 Å². The minimum absolute atomic E-state index is 0.0571. The van der Waals surface area contributed by atoms with Gasteiger partial charge in [-0.05, 0) is 49.9 Å². The zero-order chi connectivity index (χ0) is 23.5. The van der Waals surface area contributed by atoms with E-state index in [1.165, 1.54) is 10.6 Å². The van der Waals surface area contributed by atoms with Gasteiger partial charge in [-0.15, -0.1) is 0 Å². The van der Waals surface area contributed by atoms with Crippen molar-refractivity contribution in [2.45, 2.75) is 45.2 Å². The van der Waals surface area contributed by atoms with E-state index in [2.05, 4.69) is 9.97 Å². The number of likely N-dealkylation sites (tertiary alicyclic amines) is 1. The van der Waals surface area contributed by atoms with E-state index in [9.17, 15) is 14.7 Å². The topological polar surface area (TPSA) is 114 Å². The molecule has 1 amide bonds. The average molecular weight is 468 g/mol. The predicted molar refractivity (Wildman–Crippen MR) is 127 cm³/mol. The molecular formula is C24H26ClN5O3. The molecule has 0 bridgehead atoms. The zero-order valence-corrected chi connectivity index (χ0v) is 19.1. The van der Waals surface area contributed by atoms with E-state index >= 15 is 0 Å². The molecular weight excluding hydrogens is 442 g/mol. The van der Waals surface area contributed by atoms with Gasteiger partial charge in [0.15, 0.2) is 0 Å². The Morgan fingerprint density at radius 1 is 1.24 bits per heavy atom. The zero-order valence-electron chi connectivity index (χ0n) is 18.4. The van der Waals surface area contributed by atoms with Crippen molar-refractivity contribution >= 4 is 23.5 Å². The highest BCUT2D eigenvalue weighted by atomic mass is 35.5. The Morgan fingerprint density at radius 3 is 2.73 bits per heavy atom. The molecule has 0 radical (unpaired) electrons. The second-order valence-corrected chi connectivity index (χ2v) is 8.66. The molecule has 0 spiro atoms. The van der Waals surface area contributed by atoms with Gasteiger partial charge in [-0.3, -0.25) is 9.59 Å². The third kappa shape index (κ3) is 5.01. The number of carbonyl (C=O) groups is 1. The number of aromatic hydroxyl groups is 1. The molecule has 3 heterocycles. The van der Waals surface area contributed by atoms with E-state index in [0.717, 1.165) is 42.1 Å². The van der Waals surface area contributed by atoms with Crippen LogP contribution < -0.4 is 11.3 Å². The summed E-state index contributed by atoms with van der Waals surface area (Å²) in [4.78, 5) is 36.1. The van der Waals surface area contributed by atoms with Gasteiger partial charge in [0.2, 0.25) is 11.9 Å². The third-order valence-electron chi connectivity index (χ3n) is 6.00. The molecule has 1 aliphatic rings. The highest BCUT2D eigenvalue weighted by Crippen LogP contribution is 2.36. The lowest BCUT2D eigenvalue weighted by Gasteiger charge is -2.36. The number of nitrogens with zero attached hydrogens (tertiary/aromatic N) is 4. The van der Waals surface area contributed by atoms with E-state index in [1.54, 1.807) is 25.3 Å². The first-order valence-corrected chi connectivity index (χ1v) is 11.3. The maximum atomic E-state index is 13.3. The first-order valence-electron chi connectivity index (χ1n) is 10.9. The van der Waals surface area contributed by atoms with Crippen LogP contribution in [0.5, 0.6) is 5.75 Å². The second kappa shape index (κ2) is 9.62. The van der Waals surface area contributed by atoms with Gasteiger partial charge in [0.05, 0.1) is 11.7 Å². The first kappa shape index (κ1) is 22.8. The standard InChI is InChI=1S/C24H26ClN5O3/c1-15-12-18(31)13-22(33)29(15)11-9-21(32)30-10-3-2-4-20(30)23-19(14-27-24(26)28-23)16-5-7-17(25)8-6-16/h5-8,12-14,20,31H,2-4,9-11H2,1H3,(H2,26,27,28)/t20-/m1/s1. The Balaban J connectivity index is 1.62. The van der Waals surface area contributed by atoms with E-state index in [-0.39, 0.29) is 42.2 Å². The fraction of sp³-hybridized carbons (Fsp3) is 0.333. The predicted octanol–water partition coefficient (Wildman–Crippen LogP) is 3.70. The van der Waals surface area contributed by atoms with Crippen molar-refractivity contribution < 1.29 is 9.90 Å². The minimum Gasteiger partial charge on any atom is -0.508 e. The molecule has 0 aliphatic carbocycles. The number of piperidine rings is 1. The lowest BCUT2D eigenvalue weighted by Crippen LogP contribution is -2.40. The second-order valence-electron chi connectivity index (χ2n) is 8.23. The van der Waals surface area contributed by atoms with Crippen LogP contribution >= 0.6 is 11.6 Å². The molecule has 2 aromatic heterocycles. The van der Waals surface area contributed by atoms with Crippen molar-refractivity contribution in [3.8, 4) is 16.9 Å². The number of hydrogen-bond acceptors (Lipinski definition) is 6. The van der Waals surface area contributed by atoms with E-state index in [0.29, 0.717) is 17.3 Å². The number of anilines is 1. The van der Waals surface area contributed by atoms with Gasteiger partial charge in [-0.1, -0.05) is 23.7 Å². The molecule has 9 heteroatoms. The Morgan fingerprint density at radius 2 is 2.00 bits per heavy atom. The monoisotopic (exact) mass is 467 g/mol. The Labute approximate surface area is 196 Å². The molecule has 33 heavy (non-hydrogen) atoms. The number of benzene rings is 1. The summed E-state index contributed by atoms with van der Waals surface area (Å²) in [5, 5.41) is 10.2. The molecule has 1 saturated heterocycles. The fourth-order valence-electron chi connectivity index (χ4n) is 4.38. The van der Waals surface area contributed by atoms with Crippen LogP contribution in [0.3, 0.4) is 0 Å². The van der Waals surface area contributed by atoms with Gasteiger partial charge in [-0.25, -0.2) is 9.97 Å². The molecule has 1 aliphatic heterocycles. The SMILES string of the molecule is Cc1cc(O)cc(=O)n1CCC(=O)N1CCCC[C@@H]1c1nc(N)ncc1-c1ccc(Cl)cc1. The number of rotatable bonds is 5. The number of carbonyl (C=O) groups excluding carboxylic acids is 1. The normalized spacial score (nSPS) is 16.1. The lowest BCUT2D eigenvalue weighted by atomic mass is 9.93. The largest absolute Gasteiger partial charge is 0.508 e. The first-order chi connectivity index (χ1) is 15.8. The summed E-state index contributed by atoms with van der Waals surface area (Å²) in [6, 6.07) is 9.84. The molecule has 3 N–H and O–H groups in total. The van der Waals surface area contributed by atoms with Crippen LogP contribution in [0.4, 0.5) is 5.95 Å². The van der Waals surface area contributed by atoms with Crippen LogP contribution in [0.1, 0.15) is 43.1 Å². The van der Waals surface area contributed by atoms with Crippen molar-refractivity contribution in [2.75, 3.05) is 12.3 Å². The molecule has 172 valence electrons.